The molecule has 1 aromatic rings. The number of aromatic nitrogens is 3. The number of rotatable bonds is 4. The minimum absolute atomic E-state index is 0.149. The van der Waals surface area contributed by atoms with Crippen LogP contribution < -0.4 is 5.32 Å². The van der Waals surface area contributed by atoms with Crippen LogP contribution in [0.25, 0.3) is 0 Å². The molecule has 0 aliphatic carbocycles. The summed E-state index contributed by atoms with van der Waals surface area (Å²) < 4.78 is 36.8. The molecule has 1 aliphatic rings. The first-order valence-corrected chi connectivity index (χ1v) is 6.78. The van der Waals surface area contributed by atoms with E-state index in [-0.39, 0.29) is 31.5 Å². The molecule has 0 radical (unpaired) electrons. The van der Waals surface area contributed by atoms with E-state index in [1.54, 1.807) is 6.92 Å². The number of aryl methyl sites for hydroxylation is 1. The van der Waals surface area contributed by atoms with E-state index in [0.29, 0.717) is 24.5 Å². The predicted octanol–water partition coefficient (Wildman–Crippen LogP) is 1.00. The molecule has 2 N–H and O–H groups in total. The van der Waals surface area contributed by atoms with Crippen LogP contribution in [0.4, 0.5) is 13.2 Å². The number of carbonyl (C=O) groups is 1. The average Bonchev–Trinajstić information content (AvgIpc) is 2.81. The van der Waals surface area contributed by atoms with Gasteiger partial charge in [-0.1, -0.05) is 0 Å². The molecular formula is C12H18F3N5O. The number of nitrogens with zero attached hydrogens (tertiary/aromatic N) is 3. The van der Waals surface area contributed by atoms with Gasteiger partial charge in [-0.3, -0.25) is 14.8 Å². The van der Waals surface area contributed by atoms with E-state index in [1.807, 2.05) is 0 Å². The Morgan fingerprint density at radius 3 is 2.62 bits per heavy atom. The summed E-state index contributed by atoms with van der Waals surface area (Å²) in [6.45, 7) is 1.66. The number of H-pyrrole nitrogens is 1. The van der Waals surface area contributed by atoms with Crippen LogP contribution in [-0.2, 0) is 11.3 Å². The number of carbonyl (C=O) groups excluding carboxylic acids is 1. The van der Waals surface area contributed by atoms with E-state index in [1.165, 1.54) is 4.90 Å². The van der Waals surface area contributed by atoms with Gasteiger partial charge in [0, 0.05) is 5.92 Å². The molecule has 1 aliphatic heterocycles. The summed E-state index contributed by atoms with van der Waals surface area (Å²) in [7, 11) is 0. The van der Waals surface area contributed by atoms with Crippen molar-refractivity contribution in [3.05, 3.63) is 11.6 Å². The molecule has 2 rings (SSSR count). The smallest absolute Gasteiger partial charge is 0.348 e. The van der Waals surface area contributed by atoms with E-state index in [9.17, 15) is 18.0 Å². The molecule has 0 saturated carbocycles. The lowest BCUT2D eigenvalue weighted by molar-refractivity contribution is -0.149. The normalized spacial score (nSPS) is 17.9. The number of hydrogen-bond acceptors (Lipinski definition) is 4. The highest BCUT2D eigenvalue weighted by atomic mass is 19.4. The van der Waals surface area contributed by atoms with Gasteiger partial charge in [0.15, 0.2) is 5.82 Å². The van der Waals surface area contributed by atoms with Gasteiger partial charge in [-0.2, -0.15) is 18.3 Å². The highest BCUT2D eigenvalue weighted by Gasteiger charge is 2.33. The van der Waals surface area contributed by atoms with Crippen molar-refractivity contribution in [3.8, 4) is 0 Å². The number of amides is 1. The maximum atomic E-state index is 12.3. The van der Waals surface area contributed by atoms with Crippen LogP contribution in [0.2, 0.25) is 0 Å². The molecule has 6 nitrogen and oxygen atoms in total. The third-order valence-corrected chi connectivity index (χ3v) is 3.43. The summed E-state index contributed by atoms with van der Waals surface area (Å²) in [6.07, 6.45) is -3.30. The molecule has 2 heterocycles. The third kappa shape index (κ3) is 5.00. The van der Waals surface area contributed by atoms with Gasteiger partial charge in [0.2, 0.25) is 5.91 Å². The summed E-state index contributed by atoms with van der Waals surface area (Å²) in [6, 6.07) is 0. The second-order valence-corrected chi connectivity index (χ2v) is 5.22. The van der Waals surface area contributed by atoms with Crippen LogP contribution >= 0.6 is 0 Å². The fourth-order valence-electron chi connectivity index (χ4n) is 2.39. The lowest BCUT2D eigenvalue weighted by Crippen LogP contribution is -2.43. The van der Waals surface area contributed by atoms with Gasteiger partial charge < -0.3 is 5.32 Å². The van der Waals surface area contributed by atoms with E-state index >= 15 is 0 Å². The molecule has 1 amide bonds. The Morgan fingerprint density at radius 2 is 2.10 bits per heavy atom. The van der Waals surface area contributed by atoms with Crippen LogP contribution in [0.15, 0.2) is 0 Å². The molecule has 0 bridgehead atoms. The minimum Gasteiger partial charge on any atom is -0.348 e. The fourth-order valence-corrected chi connectivity index (χ4v) is 2.39. The van der Waals surface area contributed by atoms with Crippen LogP contribution in [0, 0.1) is 12.8 Å². The first-order chi connectivity index (χ1) is 9.83. The Morgan fingerprint density at radius 1 is 1.43 bits per heavy atom. The third-order valence-electron chi connectivity index (χ3n) is 3.43. The van der Waals surface area contributed by atoms with Gasteiger partial charge in [0.25, 0.3) is 0 Å². The van der Waals surface area contributed by atoms with Gasteiger partial charge in [-0.25, -0.2) is 4.98 Å². The average molecular weight is 305 g/mol. The number of piperidine rings is 1. The predicted molar refractivity (Wildman–Crippen MR) is 68.2 cm³/mol. The van der Waals surface area contributed by atoms with Gasteiger partial charge in [-0.15, -0.1) is 0 Å². The van der Waals surface area contributed by atoms with Crippen LogP contribution in [-0.4, -0.2) is 51.8 Å². The molecule has 0 aromatic carbocycles. The van der Waals surface area contributed by atoms with Crippen molar-refractivity contribution < 1.29 is 18.0 Å². The van der Waals surface area contributed by atoms with E-state index < -0.39 is 12.7 Å². The van der Waals surface area contributed by atoms with E-state index in [0.717, 1.165) is 0 Å². The molecule has 1 fully saturated rings. The Balaban J connectivity index is 1.73. The number of hydrogen-bond donors (Lipinski definition) is 2. The lowest BCUT2D eigenvalue weighted by Gasteiger charge is -2.31. The van der Waals surface area contributed by atoms with Crippen molar-refractivity contribution in [3.63, 3.8) is 0 Å². The molecule has 1 saturated heterocycles. The molecule has 0 unspecified atom stereocenters. The molecule has 0 atom stereocenters. The molecule has 9 heteroatoms. The van der Waals surface area contributed by atoms with Crippen molar-refractivity contribution in [1.82, 2.24) is 25.4 Å². The summed E-state index contributed by atoms with van der Waals surface area (Å²) >= 11 is 0. The van der Waals surface area contributed by atoms with Gasteiger partial charge in [0.05, 0.1) is 13.1 Å². The van der Waals surface area contributed by atoms with E-state index in [2.05, 4.69) is 20.5 Å². The summed E-state index contributed by atoms with van der Waals surface area (Å²) in [4.78, 5) is 17.4. The van der Waals surface area contributed by atoms with Gasteiger partial charge >= 0.3 is 6.18 Å². The monoisotopic (exact) mass is 305 g/mol. The fraction of sp³-hybridized carbons (Fsp3) is 0.750. The molecular weight excluding hydrogens is 287 g/mol. The molecule has 118 valence electrons. The van der Waals surface area contributed by atoms with Crippen molar-refractivity contribution in [1.29, 1.82) is 0 Å². The van der Waals surface area contributed by atoms with Crippen molar-refractivity contribution >= 4 is 5.91 Å². The lowest BCUT2D eigenvalue weighted by atomic mass is 9.96. The van der Waals surface area contributed by atoms with E-state index in [4.69, 9.17) is 0 Å². The Hall–Kier alpha value is -1.64. The highest BCUT2D eigenvalue weighted by Crippen LogP contribution is 2.22. The molecule has 0 spiro atoms. The topological polar surface area (TPSA) is 73.9 Å². The summed E-state index contributed by atoms with van der Waals surface area (Å²) in [5, 5.41) is 9.30. The van der Waals surface area contributed by atoms with Crippen LogP contribution in [0.3, 0.4) is 0 Å². The highest BCUT2D eigenvalue weighted by molar-refractivity contribution is 5.78. The second-order valence-electron chi connectivity index (χ2n) is 5.22. The zero-order valence-corrected chi connectivity index (χ0v) is 11.7. The van der Waals surface area contributed by atoms with Crippen molar-refractivity contribution in [2.24, 2.45) is 5.92 Å². The first kappa shape index (κ1) is 15.7. The second kappa shape index (κ2) is 6.42. The van der Waals surface area contributed by atoms with Crippen LogP contribution in [0.5, 0.6) is 0 Å². The quantitative estimate of drug-likeness (QED) is 0.870. The Labute approximate surface area is 120 Å². The van der Waals surface area contributed by atoms with Crippen molar-refractivity contribution in [2.45, 2.75) is 32.5 Å². The number of alkyl halides is 3. The Kier molecular flexibility index (Phi) is 4.81. The Bertz CT molecular complexity index is 479. The maximum Gasteiger partial charge on any atom is 0.401 e. The molecule has 1 aromatic heterocycles. The minimum atomic E-state index is -4.18. The largest absolute Gasteiger partial charge is 0.401 e. The summed E-state index contributed by atoms with van der Waals surface area (Å²) in [5.74, 6) is 0.772. The zero-order valence-electron chi connectivity index (χ0n) is 11.7. The number of aromatic amines is 1. The number of halogens is 3. The van der Waals surface area contributed by atoms with Gasteiger partial charge in [0.1, 0.15) is 5.82 Å². The molecule has 21 heavy (non-hydrogen) atoms. The van der Waals surface area contributed by atoms with Gasteiger partial charge in [-0.05, 0) is 32.9 Å². The zero-order chi connectivity index (χ0) is 15.5. The SMILES string of the molecule is Cc1nc(CNC(=O)C2CCN(CC(F)(F)F)CC2)n[nH]1. The first-order valence-electron chi connectivity index (χ1n) is 6.78. The number of nitrogens with one attached hydrogen (secondary N) is 2. The maximum absolute atomic E-state index is 12.3. The van der Waals surface area contributed by atoms with Crippen LogP contribution in [0.1, 0.15) is 24.5 Å². The van der Waals surface area contributed by atoms with Crippen molar-refractivity contribution in [2.75, 3.05) is 19.6 Å². The number of likely N-dealkylation sites (tertiary alicyclic amines) is 1. The standard InChI is InChI=1S/C12H18F3N5O/c1-8-17-10(19-18-8)6-16-11(21)9-2-4-20(5-3-9)7-12(13,14)15/h9H,2-7H2,1H3,(H,16,21)(H,17,18,19). The summed E-state index contributed by atoms with van der Waals surface area (Å²) in [5.41, 5.74) is 0.